The molecule has 19 heavy (non-hydrogen) atoms. The van der Waals surface area contributed by atoms with Crippen LogP contribution in [0.2, 0.25) is 0 Å². The molecule has 0 aliphatic heterocycles. The number of sulfonamides is 1. The molecular formula is C12H21ClN2O3S. The predicted molar refractivity (Wildman–Crippen MR) is 78.5 cm³/mol. The Labute approximate surface area is 121 Å². The fourth-order valence-corrected chi connectivity index (χ4v) is 2.74. The molecule has 5 nitrogen and oxygen atoms in total. The summed E-state index contributed by atoms with van der Waals surface area (Å²) in [6.45, 7) is 2.79. The van der Waals surface area contributed by atoms with Crippen LogP contribution in [0.3, 0.4) is 0 Å². The molecule has 0 unspecified atom stereocenters. The zero-order valence-corrected chi connectivity index (χ0v) is 12.8. The smallest absolute Gasteiger partial charge is 0.240 e. The average molecular weight is 309 g/mol. The fourth-order valence-electron chi connectivity index (χ4n) is 1.58. The van der Waals surface area contributed by atoms with Crippen molar-refractivity contribution in [3.05, 3.63) is 23.8 Å². The van der Waals surface area contributed by atoms with Gasteiger partial charge in [-0.15, -0.1) is 12.4 Å². The maximum Gasteiger partial charge on any atom is 0.240 e. The molecule has 0 saturated carbocycles. The summed E-state index contributed by atoms with van der Waals surface area (Å²) in [6.07, 6.45) is 1.55. The second kappa shape index (κ2) is 8.37. The number of hydrogen-bond donors (Lipinski definition) is 2. The highest BCUT2D eigenvalue weighted by Crippen LogP contribution is 2.21. The topological polar surface area (TPSA) is 81.4 Å². The Balaban J connectivity index is 0.00000324. The van der Waals surface area contributed by atoms with Gasteiger partial charge >= 0.3 is 0 Å². The lowest BCUT2D eigenvalue weighted by Crippen LogP contribution is -2.25. The highest BCUT2D eigenvalue weighted by atomic mass is 35.5. The van der Waals surface area contributed by atoms with E-state index in [1.165, 1.54) is 6.07 Å². The van der Waals surface area contributed by atoms with Gasteiger partial charge in [0.15, 0.2) is 0 Å². The fraction of sp³-hybridized carbons (Fsp3) is 0.500. The Morgan fingerprint density at radius 3 is 2.53 bits per heavy atom. The van der Waals surface area contributed by atoms with Crippen molar-refractivity contribution in [1.82, 2.24) is 4.72 Å². The van der Waals surface area contributed by atoms with Crippen LogP contribution in [-0.4, -0.2) is 28.6 Å². The molecule has 0 fully saturated rings. The third kappa shape index (κ3) is 5.36. The van der Waals surface area contributed by atoms with Gasteiger partial charge in [0, 0.05) is 6.54 Å². The molecule has 0 saturated heterocycles. The second-order valence-electron chi connectivity index (χ2n) is 4.02. The number of nitrogens with one attached hydrogen (secondary N) is 1. The van der Waals surface area contributed by atoms with Crippen molar-refractivity contribution in [1.29, 1.82) is 0 Å². The van der Waals surface area contributed by atoms with Crippen LogP contribution in [0.4, 0.5) is 0 Å². The molecular weight excluding hydrogens is 288 g/mol. The van der Waals surface area contributed by atoms with Crippen molar-refractivity contribution in [2.45, 2.75) is 24.7 Å². The summed E-state index contributed by atoms with van der Waals surface area (Å²) in [5.41, 5.74) is 6.14. The van der Waals surface area contributed by atoms with E-state index < -0.39 is 10.0 Å². The highest BCUT2D eigenvalue weighted by molar-refractivity contribution is 7.89. The van der Waals surface area contributed by atoms with Crippen molar-refractivity contribution in [3.8, 4) is 5.75 Å². The van der Waals surface area contributed by atoms with Gasteiger partial charge < -0.3 is 10.5 Å². The van der Waals surface area contributed by atoms with E-state index in [9.17, 15) is 8.42 Å². The van der Waals surface area contributed by atoms with Gasteiger partial charge in [0.05, 0.1) is 12.0 Å². The number of hydrogen-bond acceptors (Lipinski definition) is 4. The highest BCUT2D eigenvalue weighted by Gasteiger charge is 2.14. The summed E-state index contributed by atoms with van der Waals surface area (Å²) in [6, 6.07) is 4.80. The molecule has 0 aliphatic carbocycles. The summed E-state index contributed by atoms with van der Waals surface area (Å²) in [5, 5.41) is 0. The first kappa shape index (κ1) is 18.2. The van der Waals surface area contributed by atoms with E-state index in [0.29, 0.717) is 18.8 Å². The monoisotopic (exact) mass is 308 g/mol. The van der Waals surface area contributed by atoms with Crippen molar-refractivity contribution >= 4 is 22.4 Å². The summed E-state index contributed by atoms with van der Waals surface area (Å²) < 4.78 is 31.6. The Morgan fingerprint density at radius 1 is 1.32 bits per heavy atom. The second-order valence-corrected chi connectivity index (χ2v) is 5.79. The normalized spacial score (nSPS) is 10.9. The molecule has 0 bridgehead atoms. The lowest BCUT2D eigenvalue weighted by Gasteiger charge is -2.09. The zero-order valence-electron chi connectivity index (χ0n) is 11.2. The molecule has 0 spiro atoms. The van der Waals surface area contributed by atoms with Crippen LogP contribution >= 0.6 is 12.4 Å². The molecule has 3 N–H and O–H groups in total. The van der Waals surface area contributed by atoms with E-state index in [2.05, 4.69) is 4.72 Å². The number of ether oxygens (including phenoxy) is 1. The number of rotatable bonds is 7. The minimum Gasteiger partial charge on any atom is -0.496 e. The first-order valence-electron chi connectivity index (χ1n) is 5.85. The number of benzene rings is 1. The van der Waals surface area contributed by atoms with E-state index in [0.717, 1.165) is 18.4 Å². The van der Waals surface area contributed by atoms with Gasteiger partial charge in [-0.2, -0.15) is 0 Å². The average Bonchev–Trinajstić information content (AvgIpc) is 2.34. The van der Waals surface area contributed by atoms with Crippen molar-refractivity contribution < 1.29 is 13.2 Å². The minimum atomic E-state index is -3.43. The number of unbranched alkanes of at least 4 members (excludes halogenated alkanes) is 1. The van der Waals surface area contributed by atoms with Crippen molar-refractivity contribution in [2.75, 3.05) is 20.2 Å². The van der Waals surface area contributed by atoms with Crippen LogP contribution in [0, 0.1) is 6.92 Å². The van der Waals surface area contributed by atoms with Gasteiger partial charge in [0.25, 0.3) is 0 Å². The van der Waals surface area contributed by atoms with Crippen molar-refractivity contribution in [3.63, 3.8) is 0 Å². The first-order chi connectivity index (χ1) is 8.51. The van der Waals surface area contributed by atoms with Crippen LogP contribution in [-0.2, 0) is 10.0 Å². The predicted octanol–water partition coefficient (Wildman–Crippen LogP) is 1.44. The SMILES string of the molecule is COc1ccc(S(=O)(=O)NCCCCN)cc1C.Cl. The molecule has 0 radical (unpaired) electrons. The molecule has 0 atom stereocenters. The van der Waals surface area contributed by atoms with E-state index in [1.807, 2.05) is 6.92 Å². The van der Waals surface area contributed by atoms with Gasteiger partial charge in [-0.1, -0.05) is 0 Å². The Morgan fingerprint density at radius 2 is 2.00 bits per heavy atom. The summed E-state index contributed by atoms with van der Waals surface area (Å²) >= 11 is 0. The maximum atomic E-state index is 12.0. The number of aryl methyl sites for hydroxylation is 1. The Bertz CT molecular complexity index is 492. The van der Waals surface area contributed by atoms with Gasteiger partial charge in [-0.25, -0.2) is 13.1 Å². The molecule has 1 rings (SSSR count). The quantitative estimate of drug-likeness (QED) is 0.747. The van der Waals surface area contributed by atoms with Crippen LogP contribution in [0.25, 0.3) is 0 Å². The number of halogens is 1. The lowest BCUT2D eigenvalue weighted by atomic mass is 10.2. The van der Waals surface area contributed by atoms with Crippen LogP contribution in [0.15, 0.2) is 23.1 Å². The minimum absolute atomic E-state index is 0. The largest absolute Gasteiger partial charge is 0.496 e. The van der Waals surface area contributed by atoms with Gasteiger partial charge in [0.1, 0.15) is 5.75 Å². The summed E-state index contributed by atoms with van der Waals surface area (Å²) in [7, 11) is -1.88. The molecule has 0 amide bonds. The van der Waals surface area contributed by atoms with Gasteiger partial charge in [-0.3, -0.25) is 0 Å². The molecule has 110 valence electrons. The van der Waals surface area contributed by atoms with E-state index in [1.54, 1.807) is 19.2 Å². The van der Waals surface area contributed by atoms with E-state index >= 15 is 0 Å². The molecule has 7 heteroatoms. The summed E-state index contributed by atoms with van der Waals surface area (Å²) in [4.78, 5) is 0.258. The summed E-state index contributed by atoms with van der Waals surface area (Å²) in [5.74, 6) is 0.678. The van der Waals surface area contributed by atoms with Crippen molar-refractivity contribution in [2.24, 2.45) is 5.73 Å². The number of nitrogens with two attached hydrogens (primary N) is 1. The maximum absolute atomic E-state index is 12.0. The lowest BCUT2D eigenvalue weighted by molar-refractivity contribution is 0.411. The van der Waals surface area contributed by atoms with E-state index in [4.69, 9.17) is 10.5 Å². The van der Waals surface area contributed by atoms with Crippen LogP contribution in [0.1, 0.15) is 18.4 Å². The van der Waals surface area contributed by atoms with Gasteiger partial charge in [0.2, 0.25) is 10.0 Å². The molecule has 0 aromatic heterocycles. The Kier molecular flexibility index (Phi) is 8.01. The number of methoxy groups -OCH3 is 1. The molecule has 0 aliphatic rings. The molecule has 1 aromatic carbocycles. The third-order valence-corrected chi connectivity index (χ3v) is 4.06. The molecule has 0 heterocycles. The Hall–Kier alpha value is -0.820. The third-order valence-electron chi connectivity index (χ3n) is 2.60. The first-order valence-corrected chi connectivity index (χ1v) is 7.34. The zero-order chi connectivity index (χ0) is 13.6. The van der Waals surface area contributed by atoms with Crippen LogP contribution < -0.4 is 15.2 Å². The van der Waals surface area contributed by atoms with Crippen LogP contribution in [0.5, 0.6) is 5.75 Å². The van der Waals surface area contributed by atoms with E-state index in [-0.39, 0.29) is 17.3 Å². The van der Waals surface area contributed by atoms with Gasteiger partial charge in [-0.05, 0) is 50.1 Å². The standard InChI is InChI=1S/C12H20N2O3S.ClH/c1-10-9-11(5-6-12(10)17-2)18(15,16)14-8-4-3-7-13;/h5-6,9,14H,3-4,7-8,13H2,1-2H3;1H. The molecule has 1 aromatic rings.